The van der Waals surface area contributed by atoms with E-state index < -0.39 is 5.56 Å². The Bertz CT molecular complexity index is 275. The van der Waals surface area contributed by atoms with Crippen LogP contribution in [0.15, 0.2) is 23.8 Å². The third-order valence-corrected chi connectivity index (χ3v) is 2.22. The molecule has 0 amide bonds. The van der Waals surface area contributed by atoms with Crippen LogP contribution in [0.2, 0.25) is 0 Å². The van der Waals surface area contributed by atoms with Crippen LogP contribution in [-0.4, -0.2) is 14.6 Å². The van der Waals surface area contributed by atoms with Gasteiger partial charge in [0, 0.05) is 17.7 Å². The summed E-state index contributed by atoms with van der Waals surface area (Å²) in [5.74, 6) is 0. The van der Waals surface area contributed by atoms with E-state index in [1.54, 1.807) is 12.2 Å². The molecule has 4 heteroatoms. The Morgan fingerprint density at radius 1 is 1.58 bits per heavy atom. The molecule has 0 saturated heterocycles. The van der Waals surface area contributed by atoms with Gasteiger partial charge in [0.05, 0.1) is 11.3 Å². The number of hydrogen-bond acceptors (Lipinski definition) is 1. The molecule has 0 saturated carbocycles. The van der Waals surface area contributed by atoms with Crippen molar-refractivity contribution in [2.45, 2.75) is 18.4 Å². The van der Waals surface area contributed by atoms with E-state index in [1.807, 2.05) is 6.08 Å². The summed E-state index contributed by atoms with van der Waals surface area (Å²) in [5.41, 5.74) is -0.162. The number of halogens is 1. The van der Waals surface area contributed by atoms with Gasteiger partial charge in [0.2, 0.25) is 0 Å². The van der Waals surface area contributed by atoms with E-state index in [0.29, 0.717) is 24.1 Å². The van der Waals surface area contributed by atoms with Crippen molar-refractivity contribution < 1.29 is 9.32 Å². The third-order valence-electron chi connectivity index (χ3n) is 1.55. The average Bonchev–Trinajstić information content (AvgIpc) is 2.05. The van der Waals surface area contributed by atoms with Crippen LogP contribution in [0.25, 0.3) is 0 Å². The Balaban J connectivity index is 2.58. The molecule has 0 bridgehead atoms. The molecule has 65 valence electrons. The van der Waals surface area contributed by atoms with Crippen LogP contribution in [0.3, 0.4) is 0 Å². The SMILES string of the molecule is [O]C(Cl)CC1=CCC(=S=O)C=C1. The van der Waals surface area contributed by atoms with E-state index in [0.717, 1.165) is 10.4 Å². The monoisotopic (exact) mass is 203 g/mol. The summed E-state index contributed by atoms with van der Waals surface area (Å²) in [6, 6.07) is 0. The van der Waals surface area contributed by atoms with Crippen LogP contribution in [0.5, 0.6) is 0 Å². The lowest BCUT2D eigenvalue weighted by molar-refractivity contribution is 0.159. The van der Waals surface area contributed by atoms with Gasteiger partial charge in [-0.3, -0.25) is 0 Å². The summed E-state index contributed by atoms with van der Waals surface area (Å²) in [5, 5.41) is 10.6. The molecule has 0 spiro atoms. The molecule has 1 unspecified atom stereocenters. The number of rotatable bonds is 2. The standard InChI is InChI=1S/C8H8ClO2S/c9-8(10)5-6-1-3-7(12-11)4-2-6/h1-3,8H,4-5H2. The Labute approximate surface area is 79.6 Å². The Hall–Kier alpha value is -0.380. The minimum atomic E-state index is -1.08. The lowest BCUT2D eigenvalue weighted by Crippen LogP contribution is -2.01. The fourth-order valence-electron chi connectivity index (χ4n) is 0.966. The first-order valence-corrected chi connectivity index (χ1v) is 4.73. The molecule has 0 aliphatic heterocycles. The van der Waals surface area contributed by atoms with Crippen molar-refractivity contribution in [3.63, 3.8) is 0 Å². The van der Waals surface area contributed by atoms with Crippen LogP contribution in [0.4, 0.5) is 0 Å². The molecule has 1 aliphatic carbocycles. The van der Waals surface area contributed by atoms with Gasteiger partial charge in [-0.1, -0.05) is 23.8 Å². The van der Waals surface area contributed by atoms with Crippen molar-refractivity contribution in [2.24, 2.45) is 0 Å². The summed E-state index contributed by atoms with van der Waals surface area (Å²) in [6.45, 7) is 0. The predicted molar refractivity (Wildman–Crippen MR) is 49.9 cm³/mol. The second-order valence-corrected chi connectivity index (χ2v) is 3.66. The molecule has 12 heavy (non-hydrogen) atoms. The van der Waals surface area contributed by atoms with Crippen LogP contribution >= 0.6 is 11.6 Å². The largest absolute Gasteiger partial charge is 0.215 e. The Morgan fingerprint density at radius 2 is 2.33 bits per heavy atom. The molecule has 0 N–H and O–H groups in total. The summed E-state index contributed by atoms with van der Waals surface area (Å²) in [6.07, 6.45) is 6.34. The first-order chi connectivity index (χ1) is 5.72. The molecular formula is C8H8ClO2S. The molecule has 1 radical (unpaired) electrons. The molecule has 1 rings (SSSR count). The number of allylic oxidation sites excluding steroid dienone is 3. The molecule has 0 fully saturated rings. The zero-order valence-electron chi connectivity index (χ0n) is 6.33. The van der Waals surface area contributed by atoms with Crippen LogP contribution < -0.4 is 0 Å². The maximum atomic E-state index is 10.6. The first kappa shape index (κ1) is 9.71. The fourth-order valence-corrected chi connectivity index (χ4v) is 1.42. The minimum absolute atomic E-state index is 0.328. The topological polar surface area (TPSA) is 37.0 Å². The average molecular weight is 204 g/mol. The number of alkyl halides is 1. The van der Waals surface area contributed by atoms with E-state index in [2.05, 4.69) is 0 Å². The lowest BCUT2D eigenvalue weighted by Gasteiger charge is -2.06. The van der Waals surface area contributed by atoms with Crippen molar-refractivity contribution in [3.05, 3.63) is 23.8 Å². The second-order valence-electron chi connectivity index (χ2n) is 2.48. The van der Waals surface area contributed by atoms with E-state index in [-0.39, 0.29) is 0 Å². The Kier molecular flexibility index (Phi) is 3.72. The molecule has 0 heterocycles. The maximum Gasteiger partial charge on any atom is 0.170 e. The van der Waals surface area contributed by atoms with Gasteiger partial charge >= 0.3 is 0 Å². The van der Waals surface area contributed by atoms with Crippen molar-refractivity contribution in [3.8, 4) is 0 Å². The highest BCUT2D eigenvalue weighted by Gasteiger charge is 2.06. The van der Waals surface area contributed by atoms with Crippen molar-refractivity contribution in [2.75, 3.05) is 0 Å². The zero-order valence-corrected chi connectivity index (χ0v) is 7.90. The molecule has 2 nitrogen and oxygen atoms in total. The fraction of sp³-hybridized carbons (Fsp3) is 0.375. The van der Waals surface area contributed by atoms with Crippen LogP contribution in [0, 0.1) is 0 Å². The lowest BCUT2D eigenvalue weighted by atomic mass is 10.0. The van der Waals surface area contributed by atoms with Crippen LogP contribution in [-0.2, 0) is 16.4 Å². The van der Waals surface area contributed by atoms with Gasteiger partial charge in [-0.15, -0.1) is 0 Å². The smallest absolute Gasteiger partial charge is 0.170 e. The highest BCUT2D eigenvalue weighted by Crippen LogP contribution is 2.15. The van der Waals surface area contributed by atoms with E-state index in [4.69, 9.17) is 11.6 Å². The van der Waals surface area contributed by atoms with Crippen LogP contribution in [0.1, 0.15) is 12.8 Å². The second kappa shape index (κ2) is 4.60. The summed E-state index contributed by atoms with van der Waals surface area (Å²) >= 11 is 5.77. The molecule has 0 aromatic heterocycles. The predicted octanol–water partition coefficient (Wildman–Crippen LogP) is 1.64. The minimum Gasteiger partial charge on any atom is -0.215 e. The third kappa shape index (κ3) is 2.93. The van der Waals surface area contributed by atoms with Gasteiger partial charge < -0.3 is 0 Å². The van der Waals surface area contributed by atoms with Crippen molar-refractivity contribution in [1.82, 2.24) is 0 Å². The molecular weight excluding hydrogens is 196 g/mol. The molecule has 1 aliphatic rings. The van der Waals surface area contributed by atoms with E-state index in [9.17, 15) is 9.32 Å². The molecule has 1 atom stereocenters. The maximum absolute atomic E-state index is 10.6. The summed E-state index contributed by atoms with van der Waals surface area (Å²) in [7, 11) is 0. The van der Waals surface area contributed by atoms with Gasteiger partial charge in [0.25, 0.3) is 0 Å². The van der Waals surface area contributed by atoms with Gasteiger partial charge in [-0.05, 0) is 11.6 Å². The van der Waals surface area contributed by atoms with E-state index in [1.165, 1.54) is 0 Å². The van der Waals surface area contributed by atoms with Crippen molar-refractivity contribution >= 4 is 27.7 Å². The van der Waals surface area contributed by atoms with Crippen molar-refractivity contribution in [1.29, 1.82) is 0 Å². The molecule has 0 aromatic rings. The Morgan fingerprint density at radius 3 is 2.75 bits per heavy atom. The first-order valence-electron chi connectivity index (χ1n) is 3.55. The van der Waals surface area contributed by atoms with Gasteiger partial charge in [0.1, 0.15) is 0 Å². The quantitative estimate of drug-likeness (QED) is 0.497. The zero-order chi connectivity index (χ0) is 8.97. The normalized spacial score (nSPS) is 18.8. The summed E-state index contributed by atoms with van der Waals surface area (Å²) in [4.78, 5) is 0.774. The highest BCUT2D eigenvalue weighted by molar-refractivity contribution is 7.66. The van der Waals surface area contributed by atoms with Gasteiger partial charge in [-0.25, -0.2) is 9.32 Å². The summed E-state index contributed by atoms with van der Waals surface area (Å²) < 4.78 is 10.3. The highest BCUT2D eigenvalue weighted by atomic mass is 35.5. The van der Waals surface area contributed by atoms with Gasteiger partial charge in [0.15, 0.2) is 5.56 Å². The van der Waals surface area contributed by atoms with Gasteiger partial charge in [-0.2, -0.15) is 0 Å². The number of hydrogen-bond donors (Lipinski definition) is 0. The van der Waals surface area contributed by atoms with E-state index >= 15 is 0 Å². The molecule has 0 aromatic carbocycles.